The number of halogens is 3. The van der Waals surface area contributed by atoms with Crippen molar-refractivity contribution < 1.29 is 27.4 Å². The number of anilines is 4. The monoisotopic (exact) mass is 616 g/mol. The van der Waals surface area contributed by atoms with Gasteiger partial charge in [-0.25, -0.2) is 9.97 Å². The van der Waals surface area contributed by atoms with Crippen LogP contribution in [0.3, 0.4) is 0 Å². The van der Waals surface area contributed by atoms with Gasteiger partial charge in [-0.1, -0.05) is 12.1 Å². The fraction of sp³-hybridized carbons (Fsp3) is 0.161. The van der Waals surface area contributed by atoms with Crippen LogP contribution in [-0.4, -0.2) is 50.4 Å². The van der Waals surface area contributed by atoms with E-state index in [1.165, 1.54) is 33.5 Å². The summed E-state index contributed by atoms with van der Waals surface area (Å²) in [5.74, 6) is 1.95. The van der Waals surface area contributed by atoms with E-state index >= 15 is 0 Å². The second kappa shape index (κ2) is 12.1. The first-order chi connectivity index (χ1) is 21.7. The molecule has 0 unspecified atom stereocenters. The predicted octanol–water partition coefficient (Wildman–Crippen LogP) is 6.59. The highest BCUT2D eigenvalue weighted by Crippen LogP contribution is 2.41. The number of aromatic nitrogens is 6. The van der Waals surface area contributed by atoms with Gasteiger partial charge in [-0.05, 0) is 42.0 Å². The van der Waals surface area contributed by atoms with Gasteiger partial charge in [0.25, 0.3) is 0 Å². The summed E-state index contributed by atoms with van der Waals surface area (Å²) < 4.78 is 59.4. The first-order valence-electron chi connectivity index (χ1n) is 13.6. The van der Waals surface area contributed by atoms with Gasteiger partial charge in [0.1, 0.15) is 0 Å². The molecule has 0 bridgehead atoms. The number of alkyl halides is 3. The van der Waals surface area contributed by atoms with Crippen LogP contribution in [0.15, 0.2) is 85.7 Å². The van der Waals surface area contributed by atoms with Crippen LogP contribution in [0.4, 0.5) is 36.3 Å². The van der Waals surface area contributed by atoms with E-state index in [0.29, 0.717) is 45.5 Å². The van der Waals surface area contributed by atoms with Gasteiger partial charge in [-0.15, -0.1) is 0 Å². The summed E-state index contributed by atoms with van der Waals surface area (Å²) in [6.45, 7) is 0.230. The van der Waals surface area contributed by atoms with Crippen molar-refractivity contribution in [1.29, 1.82) is 0 Å². The Morgan fingerprint density at radius 2 is 1.51 bits per heavy atom. The summed E-state index contributed by atoms with van der Waals surface area (Å²) in [5.41, 5.74) is 3.06. The summed E-state index contributed by atoms with van der Waals surface area (Å²) in [7, 11) is 4.56. The average Bonchev–Trinajstić information content (AvgIpc) is 3.72. The maximum Gasteiger partial charge on any atom is 0.416 e. The molecule has 2 N–H and O–H groups in total. The number of hydrogen-bond donors (Lipinski definition) is 2. The fourth-order valence-electron chi connectivity index (χ4n) is 4.75. The highest BCUT2D eigenvalue weighted by molar-refractivity contribution is 5.87. The molecule has 0 atom stereocenters. The van der Waals surface area contributed by atoms with Gasteiger partial charge in [0.2, 0.25) is 11.7 Å². The molecule has 14 heteroatoms. The molecule has 3 aromatic carbocycles. The molecule has 0 saturated heterocycles. The Morgan fingerprint density at radius 1 is 0.800 bits per heavy atom. The lowest BCUT2D eigenvalue weighted by atomic mass is 10.1. The number of rotatable bonds is 10. The predicted molar refractivity (Wildman–Crippen MR) is 162 cm³/mol. The Hall–Kier alpha value is -5.79. The second-order valence-electron chi connectivity index (χ2n) is 9.82. The molecule has 3 heterocycles. The third kappa shape index (κ3) is 6.16. The molecule has 0 fully saturated rings. The van der Waals surface area contributed by atoms with Crippen molar-refractivity contribution in [3.8, 4) is 22.9 Å². The van der Waals surface area contributed by atoms with Crippen molar-refractivity contribution in [2.24, 2.45) is 0 Å². The van der Waals surface area contributed by atoms with Gasteiger partial charge in [-0.3, -0.25) is 0 Å². The zero-order valence-electron chi connectivity index (χ0n) is 24.3. The first kappa shape index (κ1) is 29.3. The van der Waals surface area contributed by atoms with E-state index in [0.717, 1.165) is 23.5 Å². The Morgan fingerprint density at radius 3 is 2.11 bits per heavy atom. The smallest absolute Gasteiger partial charge is 0.416 e. The summed E-state index contributed by atoms with van der Waals surface area (Å²) in [5, 5.41) is 6.53. The van der Waals surface area contributed by atoms with Crippen molar-refractivity contribution in [3.05, 3.63) is 96.8 Å². The number of ether oxygens (including phenoxy) is 3. The number of nitrogens with one attached hydrogen (secondary N) is 2. The van der Waals surface area contributed by atoms with Gasteiger partial charge in [0.15, 0.2) is 28.5 Å². The molecule has 11 nitrogen and oxygen atoms in total. The van der Waals surface area contributed by atoms with E-state index in [-0.39, 0.29) is 12.5 Å². The standard InChI is InChI=1S/C31H27F3N8O3/c1-43-24-14-22(15-25(44-2)27(24)45-3)37-28-26-29(42(18-36-26)16-19-4-6-20(7-5-19)31(32,33)34)40-30(39-28)38-21-8-10-23(11-9-21)41-13-12-35-17-41/h4-15,17-18H,16H2,1-3H3,(H2,37,38,39,40). The number of benzene rings is 3. The van der Waals surface area contributed by atoms with E-state index in [9.17, 15) is 13.2 Å². The lowest BCUT2D eigenvalue weighted by Gasteiger charge is -2.15. The Bertz CT molecular complexity index is 1900. The van der Waals surface area contributed by atoms with E-state index in [4.69, 9.17) is 24.2 Å². The first-order valence-corrected chi connectivity index (χ1v) is 13.6. The normalized spacial score (nSPS) is 11.4. The summed E-state index contributed by atoms with van der Waals surface area (Å²) in [6, 6.07) is 16.1. The van der Waals surface area contributed by atoms with Crippen LogP contribution < -0.4 is 24.8 Å². The largest absolute Gasteiger partial charge is 0.493 e. The Balaban J connectivity index is 1.38. The molecule has 45 heavy (non-hydrogen) atoms. The fourth-order valence-corrected chi connectivity index (χ4v) is 4.75. The van der Waals surface area contributed by atoms with Crippen LogP contribution in [0.1, 0.15) is 11.1 Å². The van der Waals surface area contributed by atoms with Gasteiger partial charge in [0.05, 0.1) is 46.1 Å². The number of imidazole rings is 2. The van der Waals surface area contributed by atoms with Crippen molar-refractivity contribution in [2.45, 2.75) is 12.7 Å². The third-order valence-corrected chi connectivity index (χ3v) is 6.95. The quantitative estimate of drug-likeness (QED) is 0.176. The SMILES string of the molecule is COc1cc(Nc2nc(Nc3ccc(-n4ccnc4)cc3)nc3c2ncn3Cc2ccc(C(F)(F)F)cc2)cc(OC)c1OC. The molecule has 0 radical (unpaired) electrons. The molecule has 0 spiro atoms. The molecular weight excluding hydrogens is 589 g/mol. The van der Waals surface area contributed by atoms with Gasteiger partial charge in [0, 0.05) is 41.6 Å². The minimum Gasteiger partial charge on any atom is -0.493 e. The minimum atomic E-state index is -4.42. The molecule has 0 aliphatic rings. The Labute approximate surface area is 255 Å². The van der Waals surface area contributed by atoms with Gasteiger partial charge in [-0.2, -0.15) is 23.1 Å². The molecule has 230 valence electrons. The van der Waals surface area contributed by atoms with E-state index in [2.05, 4.69) is 20.6 Å². The van der Waals surface area contributed by atoms with Crippen LogP contribution in [0.2, 0.25) is 0 Å². The zero-order valence-corrected chi connectivity index (χ0v) is 24.3. The highest BCUT2D eigenvalue weighted by Gasteiger charge is 2.30. The van der Waals surface area contributed by atoms with Crippen molar-refractivity contribution in [2.75, 3.05) is 32.0 Å². The summed E-state index contributed by atoms with van der Waals surface area (Å²) in [4.78, 5) is 18.1. The maximum atomic E-state index is 13.1. The third-order valence-electron chi connectivity index (χ3n) is 6.95. The molecular formula is C31H27F3N8O3. The van der Waals surface area contributed by atoms with Crippen LogP contribution in [-0.2, 0) is 12.7 Å². The van der Waals surface area contributed by atoms with Gasteiger partial charge < -0.3 is 34.0 Å². The van der Waals surface area contributed by atoms with Crippen LogP contribution >= 0.6 is 0 Å². The number of hydrogen-bond acceptors (Lipinski definition) is 9. The van der Waals surface area contributed by atoms with Crippen LogP contribution in [0.25, 0.3) is 16.9 Å². The minimum absolute atomic E-state index is 0.230. The molecule has 0 amide bonds. The van der Waals surface area contributed by atoms with Crippen LogP contribution in [0.5, 0.6) is 17.2 Å². The molecule has 6 rings (SSSR count). The summed E-state index contributed by atoms with van der Waals surface area (Å²) in [6.07, 6.45) is 2.40. The molecule has 0 aliphatic heterocycles. The van der Waals surface area contributed by atoms with Crippen molar-refractivity contribution >= 4 is 34.3 Å². The van der Waals surface area contributed by atoms with E-state index < -0.39 is 11.7 Å². The number of methoxy groups -OCH3 is 3. The maximum absolute atomic E-state index is 13.1. The number of nitrogens with zero attached hydrogens (tertiary/aromatic N) is 6. The van der Waals surface area contributed by atoms with Crippen LogP contribution in [0, 0.1) is 0 Å². The van der Waals surface area contributed by atoms with Crippen molar-refractivity contribution in [3.63, 3.8) is 0 Å². The molecule has 0 aliphatic carbocycles. The number of fused-ring (bicyclic) bond motifs is 1. The van der Waals surface area contributed by atoms with Crippen molar-refractivity contribution in [1.82, 2.24) is 29.1 Å². The average molecular weight is 617 g/mol. The van der Waals surface area contributed by atoms with E-state index in [1.807, 2.05) is 35.0 Å². The second-order valence-corrected chi connectivity index (χ2v) is 9.82. The lowest BCUT2D eigenvalue weighted by molar-refractivity contribution is -0.137. The zero-order chi connectivity index (χ0) is 31.6. The highest BCUT2D eigenvalue weighted by atomic mass is 19.4. The summed E-state index contributed by atoms with van der Waals surface area (Å²) >= 11 is 0. The van der Waals surface area contributed by atoms with Gasteiger partial charge >= 0.3 is 6.18 Å². The molecule has 0 saturated carbocycles. The van der Waals surface area contributed by atoms with E-state index in [1.54, 1.807) is 35.6 Å². The Kier molecular flexibility index (Phi) is 7.86. The lowest BCUT2D eigenvalue weighted by Crippen LogP contribution is -2.07. The molecule has 6 aromatic rings. The topological polar surface area (TPSA) is 113 Å². The molecule has 3 aromatic heterocycles.